The highest BCUT2D eigenvalue weighted by atomic mass is 35.5. The first-order valence-corrected chi connectivity index (χ1v) is 10.4. The van der Waals surface area contributed by atoms with Gasteiger partial charge in [-0.25, -0.2) is 5.01 Å². The van der Waals surface area contributed by atoms with E-state index in [1.807, 2.05) is 79.7 Å². The van der Waals surface area contributed by atoms with Crippen LogP contribution in [0.3, 0.4) is 0 Å². The third-order valence-electron chi connectivity index (χ3n) is 4.72. The van der Waals surface area contributed by atoms with Crippen LogP contribution in [0, 0.1) is 6.92 Å². The maximum atomic E-state index is 13.4. The molecule has 4 nitrogen and oxygen atoms in total. The van der Waals surface area contributed by atoms with Gasteiger partial charge in [-0.15, -0.1) is 0 Å². The summed E-state index contributed by atoms with van der Waals surface area (Å²) in [6.07, 6.45) is 0. The van der Waals surface area contributed by atoms with Gasteiger partial charge in [0.1, 0.15) is 16.2 Å². The summed E-state index contributed by atoms with van der Waals surface area (Å²) in [6.45, 7) is 1.93. The highest BCUT2D eigenvalue weighted by Crippen LogP contribution is 2.45. The number of hydrazone groups is 1. The predicted octanol–water partition coefficient (Wildman–Crippen LogP) is 5.91. The molecule has 0 N–H and O–H groups in total. The van der Waals surface area contributed by atoms with Crippen LogP contribution in [0.5, 0.6) is 5.75 Å². The molecule has 1 aliphatic rings. The van der Waals surface area contributed by atoms with Crippen LogP contribution in [0.25, 0.3) is 0 Å². The lowest BCUT2D eigenvalue weighted by Crippen LogP contribution is -2.27. The zero-order valence-corrected chi connectivity index (χ0v) is 17.6. The van der Waals surface area contributed by atoms with Crippen molar-refractivity contribution in [2.75, 3.05) is 7.11 Å². The fourth-order valence-corrected chi connectivity index (χ4v) is 4.51. The molecule has 0 aliphatic carbocycles. The molecule has 0 saturated heterocycles. The number of rotatable bonds is 4. The van der Waals surface area contributed by atoms with Gasteiger partial charge in [-0.3, -0.25) is 4.79 Å². The average Bonchev–Trinajstić information content (AvgIpc) is 3.19. The molecule has 0 fully saturated rings. The zero-order chi connectivity index (χ0) is 20.4. The third-order valence-corrected chi connectivity index (χ3v) is 6.19. The molecule has 29 heavy (non-hydrogen) atoms. The normalized spacial score (nSPS) is 15.9. The number of hydrogen-bond donors (Lipinski definition) is 0. The number of para-hydroxylation sites is 1. The van der Waals surface area contributed by atoms with Gasteiger partial charge in [0.15, 0.2) is 0 Å². The van der Waals surface area contributed by atoms with E-state index in [0.717, 1.165) is 27.5 Å². The number of halogens is 1. The third kappa shape index (κ3) is 3.88. The first-order chi connectivity index (χ1) is 14.1. The number of amides is 1. The Balaban J connectivity index is 1.78. The summed E-state index contributed by atoms with van der Waals surface area (Å²) in [7, 11) is 1.63. The molecule has 0 aromatic heterocycles. The number of aryl methyl sites for hydroxylation is 1. The predicted molar refractivity (Wildman–Crippen MR) is 119 cm³/mol. The summed E-state index contributed by atoms with van der Waals surface area (Å²) < 4.78 is 5.55. The highest BCUT2D eigenvalue weighted by Gasteiger charge is 2.36. The zero-order valence-electron chi connectivity index (χ0n) is 16.0. The highest BCUT2D eigenvalue weighted by molar-refractivity contribution is 8.14. The first kappa shape index (κ1) is 19.6. The lowest BCUT2D eigenvalue weighted by atomic mass is 10.1. The van der Waals surface area contributed by atoms with Gasteiger partial charge in [-0.05, 0) is 36.8 Å². The van der Waals surface area contributed by atoms with Crippen LogP contribution in [0.15, 0.2) is 77.9 Å². The van der Waals surface area contributed by atoms with Crippen molar-refractivity contribution in [2.45, 2.75) is 12.3 Å². The first-order valence-electron chi connectivity index (χ1n) is 9.12. The smallest absolute Gasteiger partial charge is 0.275 e. The van der Waals surface area contributed by atoms with E-state index in [1.165, 1.54) is 11.8 Å². The molecule has 1 amide bonds. The molecule has 0 spiro atoms. The lowest BCUT2D eigenvalue weighted by Gasteiger charge is -2.23. The van der Waals surface area contributed by atoms with Crippen LogP contribution in [-0.4, -0.2) is 23.1 Å². The van der Waals surface area contributed by atoms with Crippen molar-refractivity contribution in [1.29, 1.82) is 0 Å². The molecule has 0 saturated carbocycles. The van der Waals surface area contributed by atoms with Crippen molar-refractivity contribution in [3.05, 3.63) is 100 Å². The van der Waals surface area contributed by atoms with Gasteiger partial charge in [0, 0.05) is 21.7 Å². The van der Waals surface area contributed by atoms with Crippen LogP contribution < -0.4 is 4.74 Å². The Labute approximate surface area is 179 Å². The second-order valence-electron chi connectivity index (χ2n) is 6.59. The van der Waals surface area contributed by atoms with Gasteiger partial charge in [-0.2, -0.15) is 5.10 Å². The Kier molecular flexibility index (Phi) is 5.60. The molecular formula is C23H19ClN2O2S. The summed E-state index contributed by atoms with van der Waals surface area (Å²) in [5, 5.41) is 7.35. The van der Waals surface area contributed by atoms with Gasteiger partial charge >= 0.3 is 0 Å². The van der Waals surface area contributed by atoms with Crippen LogP contribution in [0.1, 0.15) is 32.4 Å². The van der Waals surface area contributed by atoms with E-state index in [9.17, 15) is 4.79 Å². The molecule has 0 radical (unpaired) electrons. The fourth-order valence-electron chi connectivity index (χ4n) is 3.20. The van der Waals surface area contributed by atoms with Gasteiger partial charge in [0.25, 0.3) is 5.91 Å². The Bertz CT molecular complexity index is 1080. The van der Waals surface area contributed by atoms with Crippen LogP contribution in [-0.2, 0) is 0 Å². The summed E-state index contributed by atoms with van der Waals surface area (Å²) in [6, 6.07) is 22.7. The van der Waals surface area contributed by atoms with Crippen molar-refractivity contribution >= 4 is 34.3 Å². The number of thioether (sulfide) groups is 1. The maximum Gasteiger partial charge on any atom is 0.275 e. The number of carbonyl (C=O) groups is 1. The lowest BCUT2D eigenvalue weighted by molar-refractivity contribution is 0.0747. The minimum atomic E-state index is -0.330. The standard InChI is InChI=1S/C23H19ClN2O2S/c1-15-7-3-4-8-18(15)22(27)26-23(19-9-5-6-10-20(19)28-2)29-21(25-26)16-11-13-17(24)14-12-16/h3-14,23H,1-2H3. The molecule has 1 unspecified atom stereocenters. The molecular weight excluding hydrogens is 404 g/mol. The minimum absolute atomic E-state index is 0.143. The monoisotopic (exact) mass is 422 g/mol. The second kappa shape index (κ2) is 8.31. The van der Waals surface area contributed by atoms with Crippen molar-refractivity contribution in [3.63, 3.8) is 0 Å². The molecule has 3 aromatic carbocycles. The minimum Gasteiger partial charge on any atom is -0.496 e. The molecule has 0 bridgehead atoms. The van der Waals surface area contributed by atoms with Gasteiger partial charge in [0.05, 0.1) is 7.11 Å². The van der Waals surface area contributed by atoms with Crippen LogP contribution in [0.4, 0.5) is 0 Å². The van der Waals surface area contributed by atoms with E-state index in [1.54, 1.807) is 12.1 Å². The molecule has 146 valence electrons. The van der Waals surface area contributed by atoms with E-state index in [4.69, 9.17) is 21.4 Å². The Morgan fingerprint density at radius 1 is 1.03 bits per heavy atom. The van der Waals surface area contributed by atoms with Crippen molar-refractivity contribution in [3.8, 4) is 5.75 Å². The molecule has 6 heteroatoms. The SMILES string of the molecule is COc1ccccc1C1SC(c2ccc(Cl)cc2)=NN1C(=O)c1ccccc1C. The van der Waals surface area contributed by atoms with E-state index in [-0.39, 0.29) is 11.3 Å². The molecule has 1 atom stereocenters. The van der Waals surface area contributed by atoms with Gasteiger partial charge in [0.2, 0.25) is 0 Å². The number of ether oxygens (including phenoxy) is 1. The molecule has 1 heterocycles. The molecule has 1 aliphatic heterocycles. The Morgan fingerprint density at radius 3 is 2.45 bits per heavy atom. The fraction of sp³-hybridized carbons (Fsp3) is 0.130. The van der Waals surface area contributed by atoms with E-state index >= 15 is 0 Å². The number of benzene rings is 3. The van der Waals surface area contributed by atoms with Crippen molar-refractivity contribution in [1.82, 2.24) is 5.01 Å². The number of hydrogen-bond acceptors (Lipinski definition) is 4. The van der Waals surface area contributed by atoms with E-state index < -0.39 is 0 Å². The molecule has 4 rings (SSSR count). The average molecular weight is 423 g/mol. The van der Waals surface area contributed by atoms with Crippen molar-refractivity contribution in [2.24, 2.45) is 5.10 Å². The summed E-state index contributed by atoms with van der Waals surface area (Å²) in [5.41, 5.74) is 3.36. The topological polar surface area (TPSA) is 41.9 Å². The van der Waals surface area contributed by atoms with E-state index in [2.05, 4.69) is 0 Å². The van der Waals surface area contributed by atoms with Crippen LogP contribution >= 0.6 is 23.4 Å². The van der Waals surface area contributed by atoms with E-state index in [0.29, 0.717) is 10.6 Å². The number of nitrogens with zero attached hydrogens (tertiary/aromatic N) is 2. The quantitative estimate of drug-likeness (QED) is 0.525. The maximum absolute atomic E-state index is 13.4. The second-order valence-corrected chi connectivity index (χ2v) is 8.09. The number of methoxy groups -OCH3 is 1. The van der Waals surface area contributed by atoms with Crippen LogP contribution in [0.2, 0.25) is 5.02 Å². The molecule has 3 aromatic rings. The number of carbonyl (C=O) groups excluding carboxylic acids is 1. The summed E-state index contributed by atoms with van der Waals surface area (Å²) >= 11 is 7.55. The summed E-state index contributed by atoms with van der Waals surface area (Å²) in [4.78, 5) is 13.4. The van der Waals surface area contributed by atoms with Gasteiger partial charge < -0.3 is 4.74 Å². The Morgan fingerprint density at radius 2 is 1.72 bits per heavy atom. The van der Waals surface area contributed by atoms with Gasteiger partial charge in [-0.1, -0.05) is 71.9 Å². The Hall–Kier alpha value is -2.76. The summed E-state index contributed by atoms with van der Waals surface area (Å²) in [5.74, 6) is 0.579. The van der Waals surface area contributed by atoms with Crippen molar-refractivity contribution < 1.29 is 9.53 Å². The largest absolute Gasteiger partial charge is 0.496 e.